The van der Waals surface area contributed by atoms with Crippen molar-refractivity contribution < 1.29 is 20.1 Å². The van der Waals surface area contributed by atoms with Crippen molar-refractivity contribution in [3.8, 4) is 0 Å². The van der Waals surface area contributed by atoms with Crippen LogP contribution in [-0.2, 0) is 4.74 Å². The lowest BCUT2D eigenvalue weighted by Crippen LogP contribution is -2.33. The Bertz CT molecular complexity index is 602. The van der Waals surface area contributed by atoms with E-state index in [1.807, 2.05) is 24.3 Å². The van der Waals surface area contributed by atoms with Crippen LogP contribution < -0.4 is 0 Å². The van der Waals surface area contributed by atoms with E-state index < -0.39 is 24.5 Å². The molecule has 2 heterocycles. The molecule has 1 saturated heterocycles. The lowest BCUT2D eigenvalue weighted by molar-refractivity contribution is -0.0518. The average Bonchev–Trinajstić information content (AvgIpc) is 2.88. The van der Waals surface area contributed by atoms with Gasteiger partial charge in [0.2, 0.25) is 0 Å². The van der Waals surface area contributed by atoms with Gasteiger partial charge in [-0.25, -0.2) is 4.98 Å². The van der Waals surface area contributed by atoms with E-state index in [2.05, 4.69) is 20.9 Å². The molecule has 19 heavy (non-hydrogen) atoms. The van der Waals surface area contributed by atoms with Crippen LogP contribution in [-0.4, -0.2) is 49.8 Å². The molecule has 6 nitrogen and oxygen atoms in total. The molecular weight excluding hydrogens is 316 g/mol. The predicted octanol–water partition coefficient (Wildman–Crippen LogP) is 0.410. The summed E-state index contributed by atoms with van der Waals surface area (Å²) >= 11 is 3.33. The molecule has 0 aliphatic carbocycles. The average molecular weight is 329 g/mol. The lowest BCUT2D eigenvalue weighted by Gasteiger charge is -2.18. The van der Waals surface area contributed by atoms with Gasteiger partial charge in [-0.05, 0) is 28.1 Å². The van der Waals surface area contributed by atoms with Gasteiger partial charge in [-0.2, -0.15) is 0 Å². The number of hydrogen-bond donors (Lipinski definition) is 3. The first-order valence-corrected chi connectivity index (χ1v) is 6.67. The Morgan fingerprint density at radius 3 is 2.68 bits per heavy atom. The minimum atomic E-state index is -1.12. The van der Waals surface area contributed by atoms with E-state index in [1.165, 1.54) is 0 Å². The van der Waals surface area contributed by atoms with Gasteiger partial charge in [0.05, 0.1) is 17.6 Å². The summed E-state index contributed by atoms with van der Waals surface area (Å²) in [4.78, 5) is 4.31. The summed E-state index contributed by atoms with van der Waals surface area (Å²) in [6, 6.07) is 7.41. The summed E-state index contributed by atoms with van der Waals surface area (Å²) < 4.78 is 7.68. The molecule has 0 saturated carbocycles. The van der Waals surface area contributed by atoms with Gasteiger partial charge in [0.25, 0.3) is 0 Å². The number of nitrogens with zero attached hydrogens (tertiary/aromatic N) is 2. The van der Waals surface area contributed by atoms with E-state index in [0.717, 1.165) is 11.0 Å². The van der Waals surface area contributed by atoms with Crippen LogP contribution in [0.5, 0.6) is 0 Å². The highest BCUT2D eigenvalue weighted by atomic mass is 79.9. The number of imidazole rings is 1. The highest BCUT2D eigenvalue weighted by Crippen LogP contribution is 2.34. The van der Waals surface area contributed by atoms with Crippen molar-refractivity contribution in [2.75, 3.05) is 6.61 Å². The van der Waals surface area contributed by atoms with Crippen LogP contribution >= 0.6 is 15.9 Å². The van der Waals surface area contributed by atoms with Crippen molar-refractivity contribution in [3.63, 3.8) is 0 Å². The van der Waals surface area contributed by atoms with Crippen LogP contribution in [0.3, 0.4) is 0 Å². The quantitative estimate of drug-likeness (QED) is 0.743. The first kappa shape index (κ1) is 13.0. The maximum absolute atomic E-state index is 10.1. The highest BCUT2D eigenvalue weighted by molar-refractivity contribution is 9.10. The third-order valence-corrected chi connectivity index (χ3v) is 3.88. The molecule has 1 aromatic carbocycles. The molecule has 1 aliphatic heterocycles. The molecule has 3 rings (SSSR count). The molecule has 7 heteroatoms. The van der Waals surface area contributed by atoms with Gasteiger partial charge in [-0.15, -0.1) is 0 Å². The number of rotatable bonds is 2. The zero-order chi connectivity index (χ0) is 13.6. The van der Waals surface area contributed by atoms with Gasteiger partial charge in [0.15, 0.2) is 11.0 Å². The summed E-state index contributed by atoms with van der Waals surface area (Å²) in [6.07, 6.45) is -3.82. The SMILES string of the molecule is OC[C@H]1O[C@@H](n2c(Br)nc3ccccc32)[C@H](O)[C@@H]1O. The molecule has 0 unspecified atom stereocenters. The molecule has 3 N–H and O–H groups in total. The first-order chi connectivity index (χ1) is 9.13. The zero-order valence-electron chi connectivity index (χ0n) is 9.85. The molecule has 0 amide bonds. The number of fused-ring (bicyclic) bond motifs is 1. The van der Waals surface area contributed by atoms with Crippen molar-refractivity contribution in [2.24, 2.45) is 0 Å². The molecule has 102 valence electrons. The number of aromatic nitrogens is 2. The van der Waals surface area contributed by atoms with Gasteiger partial charge in [-0.1, -0.05) is 12.1 Å². The van der Waals surface area contributed by atoms with E-state index in [9.17, 15) is 10.2 Å². The van der Waals surface area contributed by atoms with Crippen LogP contribution in [0.2, 0.25) is 0 Å². The maximum Gasteiger partial charge on any atom is 0.180 e. The van der Waals surface area contributed by atoms with Crippen molar-refractivity contribution in [1.82, 2.24) is 9.55 Å². The summed E-state index contributed by atoms with van der Waals surface area (Å²) in [5.41, 5.74) is 1.54. The van der Waals surface area contributed by atoms with E-state index in [0.29, 0.717) is 4.73 Å². The second-order valence-corrected chi connectivity index (χ2v) is 5.18. The molecule has 4 atom stereocenters. The normalized spacial score (nSPS) is 31.2. The molecule has 0 spiro atoms. The number of halogens is 1. The molecule has 0 radical (unpaired) electrons. The lowest BCUT2D eigenvalue weighted by atomic mass is 10.1. The fraction of sp³-hybridized carbons (Fsp3) is 0.417. The summed E-state index contributed by atoms with van der Waals surface area (Å²) in [7, 11) is 0. The third-order valence-electron chi connectivity index (χ3n) is 3.32. The fourth-order valence-corrected chi connectivity index (χ4v) is 2.93. The summed E-state index contributed by atoms with van der Waals surface area (Å²) in [5.74, 6) is 0. The number of aliphatic hydroxyl groups is 3. The number of hydrogen-bond acceptors (Lipinski definition) is 5. The Kier molecular flexibility index (Phi) is 3.32. The van der Waals surface area contributed by atoms with Crippen molar-refractivity contribution >= 4 is 27.0 Å². The molecule has 2 aromatic rings. The number of ether oxygens (including phenoxy) is 1. The highest BCUT2D eigenvalue weighted by Gasteiger charge is 2.44. The minimum absolute atomic E-state index is 0.348. The minimum Gasteiger partial charge on any atom is -0.394 e. The molecule has 1 fully saturated rings. The number of aliphatic hydroxyl groups excluding tert-OH is 3. The molecule has 1 aromatic heterocycles. The Hall–Kier alpha value is -0.990. The van der Waals surface area contributed by atoms with Gasteiger partial charge in [0.1, 0.15) is 18.3 Å². The summed E-state index contributed by atoms with van der Waals surface area (Å²) in [5, 5.41) is 29.0. The number of para-hydroxylation sites is 2. The fourth-order valence-electron chi connectivity index (χ4n) is 2.35. The topological polar surface area (TPSA) is 87.7 Å². The third kappa shape index (κ3) is 1.98. The standard InChI is InChI=1S/C12H13BrN2O4/c13-12-14-6-3-1-2-4-7(6)15(12)11-10(18)9(17)8(5-16)19-11/h1-4,8-11,16-18H,5H2/t8-,9-,10-,11-/m1/s1. The zero-order valence-corrected chi connectivity index (χ0v) is 11.4. The Morgan fingerprint density at radius 2 is 2.00 bits per heavy atom. The van der Waals surface area contributed by atoms with Gasteiger partial charge in [0, 0.05) is 0 Å². The van der Waals surface area contributed by atoms with E-state index in [4.69, 9.17) is 9.84 Å². The number of benzene rings is 1. The largest absolute Gasteiger partial charge is 0.394 e. The van der Waals surface area contributed by atoms with Crippen LogP contribution in [0.15, 0.2) is 29.0 Å². The van der Waals surface area contributed by atoms with Crippen LogP contribution in [0.25, 0.3) is 11.0 Å². The molecular formula is C12H13BrN2O4. The summed E-state index contributed by atoms with van der Waals surface area (Å²) in [6.45, 7) is -0.348. The predicted molar refractivity (Wildman–Crippen MR) is 70.4 cm³/mol. The first-order valence-electron chi connectivity index (χ1n) is 5.88. The Labute approximate surface area is 117 Å². The van der Waals surface area contributed by atoms with E-state index in [1.54, 1.807) is 4.57 Å². The van der Waals surface area contributed by atoms with Crippen LogP contribution in [0.4, 0.5) is 0 Å². The van der Waals surface area contributed by atoms with Gasteiger partial charge < -0.3 is 20.1 Å². The van der Waals surface area contributed by atoms with Crippen molar-refractivity contribution in [1.29, 1.82) is 0 Å². The van der Waals surface area contributed by atoms with Gasteiger partial charge >= 0.3 is 0 Å². The van der Waals surface area contributed by atoms with Crippen molar-refractivity contribution in [2.45, 2.75) is 24.5 Å². The van der Waals surface area contributed by atoms with Crippen LogP contribution in [0.1, 0.15) is 6.23 Å². The Morgan fingerprint density at radius 1 is 1.26 bits per heavy atom. The smallest absolute Gasteiger partial charge is 0.180 e. The molecule has 0 bridgehead atoms. The van der Waals surface area contributed by atoms with Crippen LogP contribution in [0, 0.1) is 0 Å². The molecule has 1 aliphatic rings. The maximum atomic E-state index is 10.1. The van der Waals surface area contributed by atoms with Gasteiger partial charge in [-0.3, -0.25) is 4.57 Å². The van der Waals surface area contributed by atoms with E-state index in [-0.39, 0.29) is 6.61 Å². The van der Waals surface area contributed by atoms with E-state index >= 15 is 0 Å². The monoisotopic (exact) mass is 328 g/mol. The second kappa shape index (κ2) is 4.84. The van der Waals surface area contributed by atoms with Crippen molar-refractivity contribution in [3.05, 3.63) is 29.0 Å². The second-order valence-electron chi connectivity index (χ2n) is 4.47. The Balaban J connectivity index is 2.07.